The summed E-state index contributed by atoms with van der Waals surface area (Å²) in [5.41, 5.74) is 2.92. The largest absolute Gasteiger partial charge is 0.281 e. The second-order valence-corrected chi connectivity index (χ2v) is 1.96. The van der Waals surface area contributed by atoms with E-state index in [1.54, 1.807) is 12.1 Å². The monoisotopic (exact) mass is 114 g/mol. The quantitative estimate of drug-likeness (QED) is 0.470. The number of amides is 1. The molecule has 8 heavy (non-hydrogen) atoms. The smallest absolute Gasteiger partial charge is 0.236 e. The molecule has 0 radical (unpaired) electrons. The van der Waals surface area contributed by atoms with Crippen LogP contribution in [0.3, 0.4) is 0 Å². The van der Waals surface area contributed by atoms with Crippen LogP contribution in [-0.4, -0.2) is 24.5 Å². The first-order chi connectivity index (χ1) is 3.80. The standard InChI is InChI=1S/C5H10N2O/c1-7-5(8)3-2-4-6-7/h6H,2-4H2,1H3. The Bertz CT molecular complexity index is 103. The van der Waals surface area contributed by atoms with Crippen LogP contribution in [0.4, 0.5) is 0 Å². The van der Waals surface area contributed by atoms with Crippen molar-refractivity contribution in [2.24, 2.45) is 0 Å². The van der Waals surface area contributed by atoms with Crippen molar-refractivity contribution in [1.82, 2.24) is 10.4 Å². The van der Waals surface area contributed by atoms with Crippen LogP contribution >= 0.6 is 0 Å². The fourth-order valence-electron chi connectivity index (χ4n) is 0.742. The van der Waals surface area contributed by atoms with Crippen LogP contribution < -0.4 is 5.43 Å². The average molecular weight is 114 g/mol. The van der Waals surface area contributed by atoms with E-state index in [9.17, 15) is 4.79 Å². The Kier molecular flexibility index (Phi) is 1.48. The third-order valence-corrected chi connectivity index (χ3v) is 1.29. The van der Waals surface area contributed by atoms with Gasteiger partial charge in [-0.05, 0) is 6.42 Å². The number of hydrogen-bond acceptors (Lipinski definition) is 2. The van der Waals surface area contributed by atoms with E-state index < -0.39 is 0 Å². The third-order valence-electron chi connectivity index (χ3n) is 1.29. The molecule has 0 spiro atoms. The van der Waals surface area contributed by atoms with Crippen molar-refractivity contribution in [2.45, 2.75) is 12.8 Å². The molecule has 0 aromatic carbocycles. The van der Waals surface area contributed by atoms with Crippen LogP contribution in [0, 0.1) is 0 Å². The van der Waals surface area contributed by atoms with Gasteiger partial charge in [-0.1, -0.05) is 0 Å². The van der Waals surface area contributed by atoms with Crippen LogP contribution in [0.15, 0.2) is 0 Å². The summed E-state index contributed by atoms with van der Waals surface area (Å²) in [5.74, 6) is 0.191. The first-order valence-corrected chi connectivity index (χ1v) is 2.81. The van der Waals surface area contributed by atoms with Gasteiger partial charge < -0.3 is 0 Å². The Morgan fingerprint density at radius 3 is 2.88 bits per heavy atom. The maximum absolute atomic E-state index is 10.7. The molecule has 0 saturated carbocycles. The van der Waals surface area contributed by atoms with Crippen LogP contribution in [0.5, 0.6) is 0 Å². The number of nitrogens with zero attached hydrogens (tertiary/aromatic N) is 1. The van der Waals surface area contributed by atoms with Crippen molar-refractivity contribution in [3.8, 4) is 0 Å². The van der Waals surface area contributed by atoms with Gasteiger partial charge >= 0.3 is 0 Å². The van der Waals surface area contributed by atoms with Crippen molar-refractivity contribution < 1.29 is 4.79 Å². The molecule has 1 saturated heterocycles. The Hall–Kier alpha value is -0.570. The molecule has 1 aliphatic rings. The van der Waals surface area contributed by atoms with Crippen molar-refractivity contribution in [3.63, 3.8) is 0 Å². The Morgan fingerprint density at radius 2 is 2.50 bits per heavy atom. The molecule has 1 amide bonds. The van der Waals surface area contributed by atoms with Crippen molar-refractivity contribution >= 4 is 5.91 Å². The van der Waals surface area contributed by atoms with Gasteiger partial charge in [-0.3, -0.25) is 9.80 Å². The maximum Gasteiger partial charge on any atom is 0.236 e. The number of hydrogen-bond donors (Lipinski definition) is 1. The third kappa shape index (κ3) is 0.980. The zero-order valence-corrected chi connectivity index (χ0v) is 4.98. The number of carbonyl (C=O) groups excluding carboxylic acids is 1. The van der Waals surface area contributed by atoms with Gasteiger partial charge in [0.25, 0.3) is 0 Å². The van der Waals surface area contributed by atoms with Gasteiger partial charge in [0.15, 0.2) is 0 Å². The molecular weight excluding hydrogens is 104 g/mol. The molecule has 3 heteroatoms. The molecule has 3 nitrogen and oxygen atoms in total. The highest BCUT2D eigenvalue weighted by molar-refractivity contribution is 5.75. The molecule has 1 heterocycles. The number of carbonyl (C=O) groups is 1. The molecule has 0 unspecified atom stereocenters. The zero-order valence-electron chi connectivity index (χ0n) is 4.98. The first-order valence-electron chi connectivity index (χ1n) is 2.81. The second kappa shape index (κ2) is 2.13. The predicted octanol–water partition coefficient (Wildman–Crippen LogP) is -0.257. The minimum atomic E-state index is 0.191. The van der Waals surface area contributed by atoms with Crippen LogP contribution in [0.1, 0.15) is 12.8 Å². The molecule has 0 aliphatic carbocycles. The second-order valence-electron chi connectivity index (χ2n) is 1.96. The number of nitrogens with one attached hydrogen (secondary N) is 1. The highest BCUT2D eigenvalue weighted by Crippen LogP contribution is 1.97. The van der Waals surface area contributed by atoms with E-state index in [1.807, 2.05) is 0 Å². The molecule has 0 aromatic rings. The van der Waals surface area contributed by atoms with Crippen molar-refractivity contribution in [1.29, 1.82) is 0 Å². The van der Waals surface area contributed by atoms with Gasteiger partial charge in [-0.15, -0.1) is 0 Å². The summed E-state index contributed by atoms with van der Waals surface area (Å²) in [5, 5.41) is 1.55. The van der Waals surface area contributed by atoms with Crippen LogP contribution in [0.2, 0.25) is 0 Å². The highest BCUT2D eigenvalue weighted by atomic mass is 16.2. The summed E-state index contributed by atoms with van der Waals surface area (Å²) in [6.07, 6.45) is 1.67. The van der Waals surface area contributed by atoms with Gasteiger partial charge in [0, 0.05) is 20.0 Å². The lowest BCUT2D eigenvalue weighted by molar-refractivity contribution is -0.134. The Balaban J connectivity index is 2.39. The van der Waals surface area contributed by atoms with E-state index >= 15 is 0 Å². The van der Waals surface area contributed by atoms with Gasteiger partial charge in [0.05, 0.1) is 0 Å². The molecule has 0 aromatic heterocycles. The summed E-state index contributed by atoms with van der Waals surface area (Å²) in [6.45, 7) is 0.933. The molecule has 1 aliphatic heterocycles. The van der Waals surface area contributed by atoms with E-state index in [2.05, 4.69) is 5.43 Å². The van der Waals surface area contributed by atoms with Crippen LogP contribution in [-0.2, 0) is 4.79 Å². The lowest BCUT2D eigenvalue weighted by atomic mass is 10.2. The number of rotatable bonds is 0. The van der Waals surface area contributed by atoms with Gasteiger partial charge in [0.1, 0.15) is 0 Å². The normalized spacial score (nSPS) is 21.6. The SMILES string of the molecule is CN1NCCCC1=O. The fraction of sp³-hybridized carbons (Fsp3) is 0.800. The lowest BCUT2D eigenvalue weighted by Crippen LogP contribution is -2.43. The topological polar surface area (TPSA) is 32.3 Å². The zero-order chi connectivity index (χ0) is 5.98. The van der Waals surface area contributed by atoms with Gasteiger partial charge in [-0.25, -0.2) is 5.43 Å². The van der Waals surface area contributed by atoms with Crippen LogP contribution in [0.25, 0.3) is 0 Å². The Labute approximate surface area is 48.6 Å². The molecule has 46 valence electrons. The fourth-order valence-corrected chi connectivity index (χ4v) is 0.742. The first kappa shape index (κ1) is 5.56. The molecule has 0 atom stereocenters. The highest BCUT2D eigenvalue weighted by Gasteiger charge is 2.11. The number of hydrazine groups is 1. The maximum atomic E-state index is 10.7. The minimum absolute atomic E-state index is 0.191. The summed E-state index contributed by atoms with van der Waals surface area (Å²) in [7, 11) is 1.75. The average Bonchev–Trinajstić information content (AvgIpc) is 1.77. The van der Waals surface area contributed by atoms with E-state index in [0.717, 1.165) is 13.0 Å². The van der Waals surface area contributed by atoms with Gasteiger partial charge in [0.2, 0.25) is 5.91 Å². The lowest BCUT2D eigenvalue weighted by Gasteiger charge is -2.22. The summed E-state index contributed by atoms with van der Waals surface area (Å²) in [6, 6.07) is 0. The Morgan fingerprint density at radius 1 is 1.75 bits per heavy atom. The van der Waals surface area contributed by atoms with E-state index in [1.165, 1.54) is 0 Å². The molecule has 0 bridgehead atoms. The summed E-state index contributed by atoms with van der Waals surface area (Å²) >= 11 is 0. The van der Waals surface area contributed by atoms with Gasteiger partial charge in [-0.2, -0.15) is 0 Å². The molecule has 1 fully saturated rings. The summed E-state index contributed by atoms with van der Waals surface area (Å²) < 4.78 is 0. The molecular formula is C5H10N2O. The van der Waals surface area contributed by atoms with Crippen molar-refractivity contribution in [3.05, 3.63) is 0 Å². The van der Waals surface area contributed by atoms with E-state index in [-0.39, 0.29) is 5.91 Å². The van der Waals surface area contributed by atoms with E-state index in [4.69, 9.17) is 0 Å². The van der Waals surface area contributed by atoms with E-state index in [0.29, 0.717) is 6.42 Å². The predicted molar refractivity (Wildman–Crippen MR) is 30.0 cm³/mol. The minimum Gasteiger partial charge on any atom is -0.281 e. The summed E-state index contributed by atoms with van der Waals surface area (Å²) in [4.78, 5) is 10.7. The molecule has 1 rings (SSSR count). The van der Waals surface area contributed by atoms with Crippen molar-refractivity contribution in [2.75, 3.05) is 13.6 Å². The molecule has 1 N–H and O–H groups in total.